The van der Waals surface area contributed by atoms with Crippen molar-refractivity contribution in [2.45, 2.75) is 12.7 Å². The Labute approximate surface area is 111 Å². The van der Waals surface area contributed by atoms with E-state index < -0.39 is 9.05 Å². The summed E-state index contributed by atoms with van der Waals surface area (Å²) >= 11 is 0. The van der Waals surface area contributed by atoms with E-state index >= 15 is 0 Å². The monoisotopic (exact) mass is 294 g/mol. The van der Waals surface area contributed by atoms with Gasteiger partial charge in [0.05, 0.1) is 26.6 Å². The molecule has 0 saturated carbocycles. The van der Waals surface area contributed by atoms with Crippen LogP contribution in [0.1, 0.15) is 12.5 Å². The summed E-state index contributed by atoms with van der Waals surface area (Å²) in [5, 5.41) is 0. The lowest BCUT2D eigenvalue weighted by Crippen LogP contribution is -2.04. The minimum absolute atomic E-state index is 0.329. The van der Waals surface area contributed by atoms with Crippen molar-refractivity contribution in [2.75, 3.05) is 20.8 Å². The van der Waals surface area contributed by atoms with Crippen molar-refractivity contribution in [1.29, 1.82) is 0 Å². The highest BCUT2D eigenvalue weighted by atomic mass is 35.7. The van der Waals surface area contributed by atoms with E-state index in [2.05, 4.69) is 0 Å². The van der Waals surface area contributed by atoms with Gasteiger partial charge < -0.3 is 14.2 Å². The average molecular weight is 295 g/mol. The summed E-state index contributed by atoms with van der Waals surface area (Å²) in [6, 6.07) is 3.20. The van der Waals surface area contributed by atoms with Gasteiger partial charge in [0.2, 0.25) is 14.8 Å². The first-order valence-electron chi connectivity index (χ1n) is 5.22. The summed E-state index contributed by atoms with van der Waals surface area (Å²) in [5.41, 5.74) is 0.435. The van der Waals surface area contributed by atoms with E-state index in [1.165, 1.54) is 14.2 Å². The van der Waals surface area contributed by atoms with E-state index in [0.29, 0.717) is 29.4 Å². The molecule has 0 unspecified atom stereocenters. The van der Waals surface area contributed by atoms with Gasteiger partial charge in [0, 0.05) is 16.2 Å². The molecular weight excluding hydrogens is 280 g/mol. The minimum Gasteiger partial charge on any atom is -0.493 e. The molecule has 0 spiro atoms. The highest BCUT2D eigenvalue weighted by Gasteiger charge is 2.19. The second kappa shape index (κ2) is 6.15. The highest BCUT2D eigenvalue weighted by Crippen LogP contribution is 2.40. The maximum Gasteiger partial charge on any atom is 0.236 e. The molecule has 0 saturated heterocycles. The zero-order valence-electron chi connectivity index (χ0n) is 10.4. The fourth-order valence-electron chi connectivity index (χ4n) is 1.54. The number of hydrogen-bond acceptors (Lipinski definition) is 5. The molecule has 1 rings (SSSR count). The van der Waals surface area contributed by atoms with Crippen LogP contribution in [-0.4, -0.2) is 29.2 Å². The van der Waals surface area contributed by atoms with Crippen molar-refractivity contribution in [1.82, 2.24) is 0 Å². The van der Waals surface area contributed by atoms with Crippen LogP contribution >= 0.6 is 10.7 Å². The zero-order chi connectivity index (χ0) is 13.8. The van der Waals surface area contributed by atoms with Crippen LogP contribution in [0.5, 0.6) is 17.2 Å². The Morgan fingerprint density at radius 3 is 2.28 bits per heavy atom. The van der Waals surface area contributed by atoms with Gasteiger partial charge >= 0.3 is 0 Å². The molecule has 0 bridgehead atoms. The summed E-state index contributed by atoms with van der Waals surface area (Å²) in [6.45, 7) is 2.16. The standard InChI is InChI=1S/C11H15ClO5S/c1-4-17-10-8(7-18(12,13)14)5-6-9(15-2)11(10)16-3/h5-6H,4,7H2,1-3H3. The Hall–Kier alpha value is -1.14. The van der Waals surface area contributed by atoms with Crippen LogP contribution in [-0.2, 0) is 14.8 Å². The predicted octanol–water partition coefficient (Wildman–Crippen LogP) is 2.17. The number of benzene rings is 1. The molecule has 0 heterocycles. The van der Waals surface area contributed by atoms with E-state index in [-0.39, 0.29) is 5.75 Å². The van der Waals surface area contributed by atoms with E-state index in [1.54, 1.807) is 19.1 Å². The summed E-state index contributed by atoms with van der Waals surface area (Å²) in [7, 11) is 4.54. The first-order valence-corrected chi connectivity index (χ1v) is 7.69. The normalized spacial score (nSPS) is 11.1. The summed E-state index contributed by atoms with van der Waals surface area (Å²) in [4.78, 5) is 0. The molecule has 0 N–H and O–H groups in total. The molecule has 0 radical (unpaired) electrons. The Morgan fingerprint density at radius 1 is 1.17 bits per heavy atom. The molecule has 0 aliphatic heterocycles. The second-order valence-electron chi connectivity index (χ2n) is 3.41. The lowest BCUT2D eigenvalue weighted by atomic mass is 10.2. The number of halogens is 1. The molecular formula is C11H15ClO5S. The lowest BCUT2D eigenvalue weighted by Gasteiger charge is -2.16. The first-order chi connectivity index (χ1) is 8.42. The van der Waals surface area contributed by atoms with Gasteiger partial charge in [-0.25, -0.2) is 8.42 Å². The largest absolute Gasteiger partial charge is 0.493 e. The van der Waals surface area contributed by atoms with Crippen molar-refractivity contribution in [3.63, 3.8) is 0 Å². The molecule has 1 aromatic carbocycles. The molecule has 0 fully saturated rings. The Kier molecular flexibility index (Phi) is 5.10. The molecule has 1 aromatic rings. The quantitative estimate of drug-likeness (QED) is 0.753. The minimum atomic E-state index is -3.67. The van der Waals surface area contributed by atoms with Gasteiger partial charge in [0.1, 0.15) is 0 Å². The number of ether oxygens (including phenoxy) is 3. The van der Waals surface area contributed by atoms with Crippen LogP contribution in [0.15, 0.2) is 12.1 Å². The molecule has 102 valence electrons. The maximum atomic E-state index is 11.1. The SMILES string of the molecule is CCOc1c(CS(=O)(=O)Cl)ccc(OC)c1OC. The second-order valence-corrected chi connectivity index (χ2v) is 6.18. The van der Waals surface area contributed by atoms with Crippen LogP contribution in [0.2, 0.25) is 0 Å². The van der Waals surface area contributed by atoms with Crippen LogP contribution < -0.4 is 14.2 Å². The fourth-order valence-corrected chi connectivity index (χ4v) is 2.49. The lowest BCUT2D eigenvalue weighted by molar-refractivity contribution is 0.294. The molecule has 0 aromatic heterocycles. The topological polar surface area (TPSA) is 61.8 Å². The first kappa shape index (κ1) is 14.9. The molecule has 5 nitrogen and oxygen atoms in total. The Morgan fingerprint density at radius 2 is 1.83 bits per heavy atom. The van der Waals surface area contributed by atoms with Gasteiger partial charge in [0.15, 0.2) is 11.5 Å². The average Bonchev–Trinajstić information content (AvgIpc) is 2.29. The van der Waals surface area contributed by atoms with Crippen LogP contribution in [0.3, 0.4) is 0 Å². The molecule has 0 atom stereocenters. The van der Waals surface area contributed by atoms with E-state index in [1.807, 2.05) is 0 Å². The third-order valence-electron chi connectivity index (χ3n) is 2.20. The Balaban J connectivity index is 3.33. The maximum absolute atomic E-state index is 11.1. The number of rotatable bonds is 6. The summed E-state index contributed by atoms with van der Waals surface area (Å²) in [6.07, 6.45) is 0. The van der Waals surface area contributed by atoms with Gasteiger partial charge in [-0.1, -0.05) is 6.07 Å². The van der Waals surface area contributed by atoms with Gasteiger partial charge in [-0.2, -0.15) is 0 Å². The summed E-state index contributed by atoms with van der Waals surface area (Å²) < 4.78 is 38.0. The van der Waals surface area contributed by atoms with Crippen molar-refractivity contribution in [3.8, 4) is 17.2 Å². The van der Waals surface area contributed by atoms with Crippen molar-refractivity contribution in [2.24, 2.45) is 0 Å². The number of hydrogen-bond donors (Lipinski definition) is 0. The smallest absolute Gasteiger partial charge is 0.236 e. The van der Waals surface area contributed by atoms with Crippen molar-refractivity contribution >= 4 is 19.7 Å². The molecule has 0 aliphatic rings. The third kappa shape index (κ3) is 3.68. The van der Waals surface area contributed by atoms with Crippen LogP contribution in [0, 0.1) is 0 Å². The van der Waals surface area contributed by atoms with Crippen LogP contribution in [0.4, 0.5) is 0 Å². The van der Waals surface area contributed by atoms with Crippen molar-refractivity contribution in [3.05, 3.63) is 17.7 Å². The van der Waals surface area contributed by atoms with Gasteiger partial charge in [-0.05, 0) is 13.0 Å². The van der Waals surface area contributed by atoms with E-state index in [9.17, 15) is 8.42 Å². The molecule has 0 amide bonds. The fraction of sp³-hybridized carbons (Fsp3) is 0.455. The summed E-state index contributed by atoms with van der Waals surface area (Å²) in [5.74, 6) is 0.835. The van der Waals surface area contributed by atoms with Crippen LogP contribution in [0.25, 0.3) is 0 Å². The predicted molar refractivity (Wildman–Crippen MR) is 69.2 cm³/mol. The third-order valence-corrected chi connectivity index (χ3v) is 3.18. The zero-order valence-corrected chi connectivity index (χ0v) is 12.0. The highest BCUT2D eigenvalue weighted by molar-refractivity contribution is 8.13. The van der Waals surface area contributed by atoms with Crippen molar-refractivity contribution < 1.29 is 22.6 Å². The van der Waals surface area contributed by atoms with E-state index in [4.69, 9.17) is 24.9 Å². The van der Waals surface area contributed by atoms with Gasteiger partial charge in [-0.3, -0.25) is 0 Å². The molecule has 7 heteroatoms. The molecule has 18 heavy (non-hydrogen) atoms. The van der Waals surface area contributed by atoms with E-state index in [0.717, 1.165) is 0 Å². The number of methoxy groups -OCH3 is 2. The Bertz CT molecular complexity index is 512. The van der Waals surface area contributed by atoms with Gasteiger partial charge in [0.25, 0.3) is 0 Å². The molecule has 0 aliphatic carbocycles. The van der Waals surface area contributed by atoms with Gasteiger partial charge in [-0.15, -0.1) is 0 Å².